The smallest absolute Gasteiger partial charge is 0.0469 e. The van der Waals surface area contributed by atoms with Gasteiger partial charge in [0.15, 0.2) is 0 Å². The quantitative estimate of drug-likeness (QED) is 0.675. The third kappa shape index (κ3) is 7.39. The Morgan fingerprint density at radius 2 is 1.68 bits per heavy atom. The number of aryl methyl sites for hydroxylation is 1. The topological polar surface area (TPSA) is 38.5 Å². The molecule has 1 aromatic carbocycles. The number of nitrogens with zero attached hydrogens (tertiary/aromatic N) is 1. The minimum Gasteiger partial charge on any atom is -0.381 e. The maximum atomic E-state index is 5.93. The van der Waals surface area contributed by atoms with Gasteiger partial charge in [0.25, 0.3) is 0 Å². The van der Waals surface area contributed by atoms with Gasteiger partial charge >= 0.3 is 0 Å². The highest BCUT2D eigenvalue weighted by Gasteiger charge is 2.14. The number of piperidine rings is 1. The normalized spacial score (nSPS) is 17.0. The Hall–Kier alpha value is -0.900. The maximum absolute atomic E-state index is 5.93. The predicted octanol–water partition coefficient (Wildman–Crippen LogP) is 3.23. The van der Waals surface area contributed by atoms with Crippen molar-refractivity contribution in [1.29, 1.82) is 0 Å². The molecule has 2 rings (SSSR count). The molecule has 3 nitrogen and oxygen atoms in total. The molecule has 0 radical (unpaired) electrons. The molecule has 0 aliphatic carbocycles. The van der Waals surface area contributed by atoms with Gasteiger partial charge < -0.3 is 15.4 Å². The maximum Gasteiger partial charge on any atom is 0.0469 e. The molecular formula is C19H32N2O. The van der Waals surface area contributed by atoms with E-state index in [1.807, 2.05) is 0 Å². The van der Waals surface area contributed by atoms with Gasteiger partial charge in [-0.3, -0.25) is 0 Å². The van der Waals surface area contributed by atoms with Crippen molar-refractivity contribution in [3.05, 3.63) is 35.9 Å². The molecule has 1 heterocycles. The first kappa shape index (κ1) is 17.5. The van der Waals surface area contributed by atoms with Gasteiger partial charge in [-0.15, -0.1) is 0 Å². The third-order valence-corrected chi connectivity index (χ3v) is 4.49. The number of rotatable bonds is 10. The van der Waals surface area contributed by atoms with Crippen molar-refractivity contribution in [3.8, 4) is 0 Å². The van der Waals surface area contributed by atoms with E-state index in [2.05, 4.69) is 35.2 Å². The summed E-state index contributed by atoms with van der Waals surface area (Å²) in [6, 6.07) is 11.1. The molecule has 0 amide bonds. The van der Waals surface area contributed by atoms with E-state index in [4.69, 9.17) is 10.5 Å². The fourth-order valence-electron chi connectivity index (χ4n) is 3.02. The highest BCUT2D eigenvalue weighted by Crippen LogP contribution is 2.09. The molecular weight excluding hydrogens is 272 g/mol. The van der Waals surface area contributed by atoms with Gasteiger partial charge in [0, 0.05) is 19.3 Å². The summed E-state index contributed by atoms with van der Waals surface area (Å²) in [7, 11) is 0. The summed E-state index contributed by atoms with van der Waals surface area (Å²) in [6.45, 7) is 5.42. The summed E-state index contributed by atoms with van der Waals surface area (Å²) in [5.41, 5.74) is 7.33. The first-order valence-electron chi connectivity index (χ1n) is 8.94. The van der Waals surface area contributed by atoms with Gasteiger partial charge in [0.2, 0.25) is 0 Å². The minimum absolute atomic E-state index is 0.445. The van der Waals surface area contributed by atoms with Crippen LogP contribution in [0.2, 0.25) is 0 Å². The van der Waals surface area contributed by atoms with E-state index in [1.54, 1.807) is 0 Å². The van der Waals surface area contributed by atoms with Crippen LogP contribution >= 0.6 is 0 Å². The largest absolute Gasteiger partial charge is 0.381 e. The Bertz CT molecular complexity index is 374. The monoisotopic (exact) mass is 304 g/mol. The third-order valence-electron chi connectivity index (χ3n) is 4.49. The Balaban J connectivity index is 1.36. The molecule has 0 aromatic heterocycles. The van der Waals surface area contributed by atoms with Gasteiger partial charge in [-0.25, -0.2) is 0 Å². The van der Waals surface area contributed by atoms with Crippen LogP contribution in [0.3, 0.4) is 0 Å². The number of nitrogens with two attached hydrogens (primary N) is 1. The minimum atomic E-state index is 0.445. The average Bonchev–Trinajstić information content (AvgIpc) is 2.56. The van der Waals surface area contributed by atoms with Crippen molar-refractivity contribution >= 4 is 0 Å². The van der Waals surface area contributed by atoms with Crippen LogP contribution in [-0.4, -0.2) is 43.8 Å². The number of benzene rings is 1. The number of ether oxygens (including phenoxy) is 1. The number of likely N-dealkylation sites (tertiary alicyclic amines) is 1. The molecule has 0 atom stereocenters. The molecule has 0 spiro atoms. The first-order chi connectivity index (χ1) is 10.8. The molecule has 124 valence electrons. The van der Waals surface area contributed by atoms with Crippen LogP contribution < -0.4 is 5.73 Å². The van der Waals surface area contributed by atoms with Crippen LogP contribution in [0, 0.1) is 0 Å². The summed E-state index contributed by atoms with van der Waals surface area (Å²) in [5, 5.41) is 0. The number of hydrogen-bond donors (Lipinski definition) is 1. The van der Waals surface area contributed by atoms with Gasteiger partial charge in [0.05, 0.1) is 0 Å². The molecule has 3 heteroatoms. The highest BCUT2D eigenvalue weighted by molar-refractivity contribution is 5.14. The lowest BCUT2D eigenvalue weighted by Crippen LogP contribution is -2.40. The fraction of sp³-hybridized carbons (Fsp3) is 0.684. The predicted molar refractivity (Wildman–Crippen MR) is 93.1 cm³/mol. The highest BCUT2D eigenvalue weighted by atomic mass is 16.5. The van der Waals surface area contributed by atoms with E-state index < -0.39 is 0 Å². The second-order valence-corrected chi connectivity index (χ2v) is 6.44. The lowest BCUT2D eigenvalue weighted by atomic mass is 10.1. The van der Waals surface area contributed by atoms with E-state index in [-0.39, 0.29) is 0 Å². The second-order valence-electron chi connectivity index (χ2n) is 6.44. The molecule has 0 bridgehead atoms. The summed E-state index contributed by atoms with van der Waals surface area (Å²) in [4.78, 5) is 2.56. The second kappa shape index (κ2) is 10.8. The Labute approximate surface area is 135 Å². The average molecular weight is 304 g/mol. The molecule has 0 unspecified atom stereocenters. The van der Waals surface area contributed by atoms with Crippen molar-refractivity contribution in [2.75, 3.05) is 32.8 Å². The Morgan fingerprint density at radius 3 is 2.45 bits per heavy atom. The van der Waals surface area contributed by atoms with Crippen LogP contribution in [-0.2, 0) is 11.2 Å². The fourth-order valence-corrected chi connectivity index (χ4v) is 3.02. The number of hydrogen-bond acceptors (Lipinski definition) is 3. The SMILES string of the molecule is NC1CCN(CCCCCOCCCc2ccccc2)CC1. The first-order valence-corrected chi connectivity index (χ1v) is 8.94. The molecule has 1 aliphatic rings. The van der Waals surface area contributed by atoms with Crippen molar-refractivity contribution in [2.45, 2.75) is 51.0 Å². The van der Waals surface area contributed by atoms with Crippen molar-refractivity contribution in [1.82, 2.24) is 4.90 Å². The van der Waals surface area contributed by atoms with Crippen LogP contribution in [0.15, 0.2) is 30.3 Å². The number of unbranched alkanes of at least 4 members (excludes halogenated alkanes) is 2. The molecule has 1 aliphatic heterocycles. The summed E-state index contributed by atoms with van der Waals surface area (Å²) in [5.74, 6) is 0. The molecule has 1 saturated heterocycles. The van der Waals surface area contributed by atoms with Gasteiger partial charge in [-0.1, -0.05) is 30.3 Å². The van der Waals surface area contributed by atoms with E-state index >= 15 is 0 Å². The molecule has 1 aromatic rings. The van der Waals surface area contributed by atoms with E-state index in [0.29, 0.717) is 6.04 Å². The van der Waals surface area contributed by atoms with Crippen molar-refractivity contribution in [2.24, 2.45) is 5.73 Å². The zero-order valence-electron chi connectivity index (χ0n) is 13.9. The van der Waals surface area contributed by atoms with Gasteiger partial charge in [0.1, 0.15) is 0 Å². The van der Waals surface area contributed by atoms with Crippen LogP contribution in [0.25, 0.3) is 0 Å². The van der Waals surface area contributed by atoms with E-state index in [1.165, 1.54) is 57.3 Å². The lowest BCUT2D eigenvalue weighted by molar-refractivity contribution is 0.126. The van der Waals surface area contributed by atoms with Crippen molar-refractivity contribution < 1.29 is 4.74 Å². The molecule has 0 saturated carbocycles. The molecule has 2 N–H and O–H groups in total. The summed E-state index contributed by atoms with van der Waals surface area (Å²) < 4.78 is 5.73. The van der Waals surface area contributed by atoms with E-state index in [9.17, 15) is 0 Å². The zero-order chi connectivity index (χ0) is 15.5. The summed E-state index contributed by atoms with van der Waals surface area (Å²) in [6.07, 6.45) is 8.35. The van der Waals surface area contributed by atoms with Crippen LogP contribution in [0.1, 0.15) is 44.1 Å². The standard InChI is InChI=1S/C19H32N2O/c20-19-11-14-21(15-12-19)13-5-2-6-16-22-17-7-10-18-8-3-1-4-9-18/h1,3-4,8-9,19H,2,5-7,10-17,20H2. The van der Waals surface area contributed by atoms with Crippen LogP contribution in [0.5, 0.6) is 0 Å². The van der Waals surface area contributed by atoms with Crippen molar-refractivity contribution in [3.63, 3.8) is 0 Å². The summed E-state index contributed by atoms with van der Waals surface area (Å²) >= 11 is 0. The van der Waals surface area contributed by atoms with Gasteiger partial charge in [-0.2, -0.15) is 0 Å². The zero-order valence-corrected chi connectivity index (χ0v) is 13.9. The van der Waals surface area contributed by atoms with Gasteiger partial charge in [-0.05, 0) is 70.1 Å². The lowest BCUT2D eigenvalue weighted by Gasteiger charge is -2.29. The molecule has 1 fully saturated rings. The Kier molecular flexibility index (Phi) is 8.54. The molecule has 22 heavy (non-hydrogen) atoms. The van der Waals surface area contributed by atoms with E-state index in [0.717, 1.165) is 26.1 Å². The Morgan fingerprint density at radius 1 is 0.955 bits per heavy atom. The van der Waals surface area contributed by atoms with Crippen LogP contribution in [0.4, 0.5) is 0 Å².